The Morgan fingerprint density at radius 2 is 1.73 bits per heavy atom. The predicted octanol–water partition coefficient (Wildman–Crippen LogP) is 5.01. The number of methoxy groups -OCH3 is 1. The molecule has 2 heterocycles. The zero-order chi connectivity index (χ0) is 29.9. The monoisotopic (exact) mass is 576 g/mol. The molecule has 0 radical (unpaired) electrons. The van der Waals surface area contributed by atoms with Crippen LogP contribution in [0.3, 0.4) is 0 Å². The van der Waals surface area contributed by atoms with Crippen molar-refractivity contribution in [3.63, 3.8) is 0 Å². The Hall–Kier alpha value is -3.90. The summed E-state index contributed by atoms with van der Waals surface area (Å²) in [4.78, 5) is 31.0. The minimum absolute atomic E-state index is 0.0896. The molecule has 4 rings (SSSR count). The highest BCUT2D eigenvalue weighted by Gasteiger charge is 2.36. The first-order valence-electron chi connectivity index (χ1n) is 13.0. The number of anilines is 2. The van der Waals surface area contributed by atoms with Crippen LogP contribution in [-0.2, 0) is 10.9 Å². The number of hydrogen-bond acceptors (Lipinski definition) is 6. The fraction of sp³-hybridized carbons (Fsp3) is 0.379. The van der Waals surface area contributed by atoms with E-state index >= 15 is 4.39 Å². The molecule has 1 aliphatic rings. The minimum Gasteiger partial charge on any atom is -0.491 e. The average molecular weight is 577 g/mol. The van der Waals surface area contributed by atoms with E-state index in [1.807, 2.05) is 25.8 Å². The van der Waals surface area contributed by atoms with Gasteiger partial charge in [-0.2, -0.15) is 13.2 Å². The van der Waals surface area contributed by atoms with E-state index in [0.717, 1.165) is 6.20 Å². The molecule has 8 nitrogen and oxygen atoms in total. The molecule has 0 saturated carbocycles. The molecule has 2 aromatic carbocycles. The minimum atomic E-state index is -4.94. The van der Waals surface area contributed by atoms with Gasteiger partial charge in [0, 0.05) is 50.1 Å². The average Bonchev–Trinajstić information content (AvgIpc) is 2.92. The molecule has 1 saturated heterocycles. The number of benzene rings is 2. The van der Waals surface area contributed by atoms with E-state index in [9.17, 15) is 22.8 Å². The van der Waals surface area contributed by atoms with Crippen LogP contribution in [0.25, 0.3) is 11.1 Å². The van der Waals surface area contributed by atoms with E-state index in [2.05, 4.69) is 15.2 Å². The second kappa shape index (κ2) is 12.3. The van der Waals surface area contributed by atoms with Crippen LogP contribution >= 0.6 is 0 Å². The van der Waals surface area contributed by atoms with E-state index in [0.29, 0.717) is 49.4 Å². The summed E-state index contributed by atoms with van der Waals surface area (Å²) in [5.74, 6) is -1.11. The molecule has 12 heteroatoms. The summed E-state index contributed by atoms with van der Waals surface area (Å²) in [6.07, 6.45) is -4.21. The van der Waals surface area contributed by atoms with Gasteiger partial charge < -0.3 is 24.7 Å². The van der Waals surface area contributed by atoms with Crippen LogP contribution < -0.4 is 20.5 Å². The summed E-state index contributed by atoms with van der Waals surface area (Å²) in [5.41, 5.74) is -2.03. The molecule has 1 aliphatic heterocycles. The van der Waals surface area contributed by atoms with Crippen molar-refractivity contribution in [1.29, 1.82) is 0 Å². The van der Waals surface area contributed by atoms with Crippen LogP contribution in [0.1, 0.15) is 29.8 Å². The quantitative estimate of drug-likeness (QED) is 0.290. The number of nitrogens with one attached hydrogen (secondary N) is 2. The molecule has 0 unspecified atom stereocenters. The van der Waals surface area contributed by atoms with Crippen molar-refractivity contribution in [3.8, 4) is 16.9 Å². The van der Waals surface area contributed by atoms with Gasteiger partial charge in [-0.25, -0.2) is 4.39 Å². The Balaban J connectivity index is 1.75. The zero-order valence-corrected chi connectivity index (χ0v) is 23.1. The molecule has 41 heavy (non-hydrogen) atoms. The largest absolute Gasteiger partial charge is 0.491 e. The van der Waals surface area contributed by atoms with Gasteiger partial charge in [-0.15, -0.1) is 0 Å². The maximum absolute atomic E-state index is 15.6. The van der Waals surface area contributed by atoms with Crippen LogP contribution in [0.15, 0.2) is 53.5 Å². The van der Waals surface area contributed by atoms with Crippen molar-refractivity contribution >= 4 is 17.3 Å². The van der Waals surface area contributed by atoms with Crippen LogP contribution in [0.5, 0.6) is 5.75 Å². The summed E-state index contributed by atoms with van der Waals surface area (Å²) in [7, 11) is 3.54. The van der Waals surface area contributed by atoms with Gasteiger partial charge in [-0.1, -0.05) is 12.1 Å². The molecule has 1 amide bonds. The van der Waals surface area contributed by atoms with E-state index in [-0.39, 0.29) is 23.3 Å². The maximum atomic E-state index is 15.6. The van der Waals surface area contributed by atoms with Gasteiger partial charge in [0.25, 0.3) is 5.91 Å². The van der Waals surface area contributed by atoms with E-state index < -0.39 is 34.6 Å². The molecule has 2 atom stereocenters. The highest BCUT2D eigenvalue weighted by atomic mass is 19.4. The number of piperazine rings is 1. The smallest absolute Gasteiger partial charge is 0.417 e. The molecule has 1 aromatic heterocycles. The second-order valence-electron chi connectivity index (χ2n) is 10.1. The van der Waals surface area contributed by atoms with Gasteiger partial charge in [0.2, 0.25) is 5.56 Å². The summed E-state index contributed by atoms with van der Waals surface area (Å²) < 4.78 is 67.2. The zero-order valence-electron chi connectivity index (χ0n) is 23.1. The Morgan fingerprint density at radius 1 is 1.07 bits per heavy atom. The number of rotatable bonds is 8. The fourth-order valence-electron chi connectivity index (χ4n) is 4.80. The Bertz CT molecular complexity index is 1430. The van der Waals surface area contributed by atoms with Crippen LogP contribution in [0, 0.1) is 5.82 Å². The van der Waals surface area contributed by atoms with Crippen molar-refractivity contribution in [2.45, 2.75) is 32.1 Å². The number of nitrogens with zero attached hydrogens (tertiary/aromatic N) is 2. The van der Waals surface area contributed by atoms with Gasteiger partial charge in [-0.3, -0.25) is 14.5 Å². The Kier molecular flexibility index (Phi) is 9.03. The number of carbonyl (C=O) groups is 1. The number of ether oxygens (including phenoxy) is 2. The summed E-state index contributed by atoms with van der Waals surface area (Å²) in [6.45, 7) is 5.76. The van der Waals surface area contributed by atoms with Crippen LogP contribution in [0.2, 0.25) is 0 Å². The van der Waals surface area contributed by atoms with Crippen LogP contribution in [0.4, 0.5) is 28.9 Å². The lowest BCUT2D eigenvalue weighted by atomic mass is 10.0. The number of pyridine rings is 1. The van der Waals surface area contributed by atoms with E-state index in [1.165, 1.54) is 12.1 Å². The number of aromatic nitrogens is 1. The standard InChI is InChI=1S/C29H32F4N4O4/c1-17-15-37(16-18(2)36(17)3)26-13-24(30)21(19-5-7-20(8-6-19)41-10-9-40-4)11-25(26)35-28(39)22-14-34-27(38)12-23(22)29(31,32)33/h5-8,11-14,17-18H,9-10,15-16H2,1-4H3,(H,34,38)(H,35,39)/t17-,18+. The van der Waals surface area contributed by atoms with Gasteiger partial charge in [0.05, 0.1) is 29.1 Å². The lowest BCUT2D eigenvalue weighted by molar-refractivity contribution is -0.138. The molecule has 0 spiro atoms. The first-order chi connectivity index (χ1) is 19.4. The molecular weight excluding hydrogens is 544 g/mol. The van der Waals surface area contributed by atoms with Crippen molar-refractivity contribution < 1.29 is 31.8 Å². The van der Waals surface area contributed by atoms with Crippen molar-refractivity contribution in [3.05, 3.63) is 76.0 Å². The molecule has 1 fully saturated rings. The van der Waals surface area contributed by atoms with Gasteiger partial charge in [-0.05, 0) is 50.7 Å². The van der Waals surface area contributed by atoms with Crippen molar-refractivity contribution in [2.24, 2.45) is 0 Å². The SMILES string of the molecule is COCCOc1ccc(-c2cc(NC(=O)c3c[nH]c(=O)cc3C(F)(F)F)c(N3C[C@@H](C)N(C)[C@@H](C)C3)cc2F)cc1. The number of halogens is 4. The molecule has 0 aliphatic carbocycles. The van der Waals surface area contributed by atoms with E-state index in [4.69, 9.17) is 9.47 Å². The highest BCUT2D eigenvalue weighted by molar-refractivity contribution is 6.07. The summed E-state index contributed by atoms with van der Waals surface area (Å²) >= 11 is 0. The number of H-pyrrole nitrogens is 1. The van der Waals surface area contributed by atoms with Crippen molar-refractivity contribution in [2.75, 3.05) is 50.7 Å². The number of carbonyl (C=O) groups excluding carboxylic acids is 1. The Labute approximate surface area is 234 Å². The molecule has 220 valence electrons. The van der Waals surface area contributed by atoms with Gasteiger partial charge >= 0.3 is 6.18 Å². The molecule has 3 aromatic rings. The maximum Gasteiger partial charge on any atom is 0.417 e. The lowest BCUT2D eigenvalue weighted by Gasteiger charge is -2.44. The number of hydrogen-bond donors (Lipinski definition) is 2. The van der Waals surface area contributed by atoms with Crippen LogP contribution in [-0.4, -0.2) is 68.3 Å². The molecular formula is C29H32F4N4O4. The first-order valence-corrected chi connectivity index (χ1v) is 13.0. The highest BCUT2D eigenvalue weighted by Crippen LogP contribution is 2.37. The Morgan fingerprint density at radius 3 is 2.34 bits per heavy atom. The summed E-state index contributed by atoms with van der Waals surface area (Å²) in [6, 6.07) is 9.84. The topological polar surface area (TPSA) is 86.9 Å². The lowest BCUT2D eigenvalue weighted by Crippen LogP contribution is -2.55. The second-order valence-corrected chi connectivity index (χ2v) is 10.1. The number of amides is 1. The third-order valence-electron chi connectivity index (χ3n) is 7.23. The number of alkyl halides is 3. The number of likely N-dealkylation sites (N-methyl/N-ethyl adjacent to an activating group) is 1. The van der Waals surface area contributed by atoms with Gasteiger partial charge in [0.1, 0.15) is 18.2 Å². The third kappa shape index (κ3) is 6.88. The normalized spacial score (nSPS) is 17.9. The summed E-state index contributed by atoms with van der Waals surface area (Å²) in [5, 5.41) is 2.56. The number of aromatic amines is 1. The van der Waals surface area contributed by atoms with Gasteiger partial charge in [0.15, 0.2) is 0 Å². The molecule has 2 N–H and O–H groups in total. The first kappa shape index (κ1) is 30.1. The molecule has 0 bridgehead atoms. The predicted molar refractivity (Wildman–Crippen MR) is 148 cm³/mol. The van der Waals surface area contributed by atoms with Crippen molar-refractivity contribution in [1.82, 2.24) is 9.88 Å². The third-order valence-corrected chi connectivity index (χ3v) is 7.23. The fourth-order valence-corrected chi connectivity index (χ4v) is 4.80. The van der Waals surface area contributed by atoms with E-state index in [1.54, 1.807) is 31.4 Å².